The molecule has 1 saturated heterocycles. The second kappa shape index (κ2) is 12.5. The van der Waals surface area contributed by atoms with Crippen LogP contribution in [0.5, 0.6) is 0 Å². The van der Waals surface area contributed by atoms with Gasteiger partial charge in [-0.25, -0.2) is 9.18 Å². The van der Waals surface area contributed by atoms with Gasteiger partial charge >= 0.3 is 11.9 Å². The SMILES string of the molecule is C=CC(=O)N1C(C)CN(c2nc(=O)n3c4c(c(-c5ccc(F)cc5)c(C(F)(F)F)cc24)SCCC3)CC1C.c1ccsc1. The summed E-state index contributed by atoms with van der Waals surface area (Å²) in [6, 6.07) is 9.46. The summed E-state index contributed by atoms with van der Waals surface area (Å²) in [4.78, 5) is 33.8. The van der Waals surface area contributed by atoms with Crippen LogP contribution in [-0.4, -0.2) is 51.3 Å². The smallest absolute Gasteiger partial charge is 0.352 e. The lowest BCUT2D eigenvalue weighted by molar-refractivity contribution is -0.137. The van der Waals surface area contributed by atoms with E-state index in [0.29, 0.717) is 42.2 Å². The molecule has 4 heterocycles. The van der Waals surface area contributed by atoms with Crippen LogP contribution in [0.1, 0.15) is 25.8 Å². The standard InChI is InChI=1S/C27H26F4N4O2S.C4H4S/c1-4-21(36)35-15(2)13-33(14-16(35)3)25-19-12-20(27(29,30)31)22(17-6-8-18(28)9-7-17)24-23(19)34(26(37)32-25)10-5-11-38-24;1-2-4-5-3-1/h4,6-9,12,15-16H,1,5,10-11,13-14H2,2-3H3;1-4H. The molecule has 2 aliphatic rings. The Labute approximate surface area is 254 Å². The second-order valence-electron chi connectivity index (χ2n) is 10.4. The molecular weight excluding hydrogens is 600 g/mol. The second-order valence-corrected chi connectivity index (χ2v) is 12.4. The fraction of sp³-hybridized carbons (Fsp3) is 0.323. The van der Waals surface area contributed by atoms with Crippen molar-refractivity contribution in [1.29, 1.82) is 0 Å². The zero-order valence-corrected chi connectivity index (χ0v) is 25.2. The van der Waals surface area contributed by atoms with Crippen molar-refractivity contribution in [3.05, 3.63) is 87.7 Å². The molecule has 0 N–H and O–H groups in total. The predicted molar refractivity (Wildman–Crippen MR) is 164 cm³/mol. The van der Waals surface area contributed by atoms with Crippen molar-refractivity contribution in [2.24, 2.45) is 0 Å². The summed E-state index contributed by atoms with van der Waals surface area (Å²) >= 11 is 2.98. The Bertz CT molecular complexity index is 1660. The van der Waals surface area contributed by atoms with Gasteiger partial charge in [-0.1, -0.05) is 30.8 Å². The normalized spacial score (nSPS) is 18.6. The Hall–Kier alpha value is -3.64. The number of piperazine rings is 1. The summed E-state index contributed by atoms with van der Waals surface area (Å²) in [5.41, 5.74) is -0.840. The summed E-state index contributed by atoms with van der Waals surface area (Å²) in [5.74, 6) is -0.101. The van der Waals surface area contributed by atoms with E-state index in [1.807, 2.05) is 36.7 Å². The number of carbonyl (C=O) groups excluding carboxylic acids is 1. The maximum absolute atomic E-state index is 14.6. The van der Waals surface area contributed by atoms with Crippen molar-refractivity contribution in [3.8, 4) is 11.1 Å². The number of nitrogens with zero attached hydrogens (tertiary/aromatic N) is 4. The molecule has 2 aromatic heterocycles. The third kappa shape index (κ3) is 6.21. The fourth-order valence-electron chi connectivity index (χ4n) is 5.77. The van der Waals surface area contributed by atoms with Gasteiger partial charge in [0.1, 0.15) is 11.6 Å². The summed E-state index contributed by atoms with van der Waals surface area (Å²) in [7, 11) is 0. The molecule has 0 spiro atoms. The van der Waals surface area contributed by atoms with Crippen LogP contribution in [0.4, 0.5) is 23.4 Å². The molecule has 0 aliphatic carbocycles. The van der Waals surface area contributed by atoms with E-state index in [2.05, 4.69) is 11.6 Å². The van der Waals surface area contributed by atoms with Gasteiger partial charge in [-0.3, -0.25) is 9.36 Å². The lowest BCUT2D eigenvalue weighted by Crippen LogP contribution is -2.58. The van der Waals surface area contributed by atoms with Crippen molar-refractivity contribution in [2.75, 3.05) is 23.7 Å². The number of hydrogen-bond acceptors (Lipinski definition) is 6. The van der Waals surface area contributed by atoms with Crippen LogP contribution in [0.25, 0.3) is 22.0 Å². The minimum absolute atomic E-state index is 0.0645. The molecule has 0 bridgehead atoms. The van der Waals surface area contributed by atoms with Crippen LogP contribution in [0.2, 0.25) is 0 Å². The van der Waals surface area contributed by atoms with E-state index in [0.717, 1.165) is 18.2 Å². The maximum Gasteiger partial charge on any atom is 0.417 e. The number of thioether (sulfide) groups is 1. The minimum Gasteiger partial charge on any atom is -0.352 e. The van der Waals surface area contributed by atoms with Gasteiger partial charge in [-0.05, 0) is 66.6 Å². The van der Waals surface area contributed by atoms with E-state index in [1.54, 1.807) is 21.1 Å². The summed E-state index contributed by atoms with van der Waals surface area (Å²) in [5, 5.41) is 4.31. The molecule has 6 nitrogen and oxygen atoms in total. The molecular formula is C31H30F4N4O2S2. The highest BCUT2D eigenvalue weighted by molar-refractivity contribution is 7.99. The van der Waals surface area contributed by atoms with Gasteiger partial charge < -0.3 is 9.80 Å². The number of anilines is 1. The van der Waals surface area contributed by atoms with E-state index in [9.17, 15) is 27.2 Å². The fourth-order valence-corrected chi connectivity index (χ4v) is 7.43. The van der Waals surface area contributed by atoms with Crippen molar-refractivity contribution in [3.63, 3.8) is 0 Å². The molecule has 2 unspecified atom stereocenters. The number of thiophene rings is 1. The number of rotatable bonds is 3. The summed E-state index contributed by atoms with van der Waals surface area (Å²) in [6.45, 7) is 8.15. The number of alkyl halides is 3. The number of hydrogen-bond donors (Lipinski definition) is 0. The first-order valence-corrected chi connectivity index (χ1v) is 15.7. The third-order valence-corrected chi connectivity index (χ3v) is 9.29. The Morgan fingerprint density at radius 3 is 2.30 bits per heavy atom. The van der Waals surface area contributed by atoms with Crippen LogP contribution < -0.4 is 10.6 Å². The first-order valence-electron chi connectivity index (χ1n) is 13.8. The average Bonchev–Trinajstić information content (AvgIpc) is 3.47. The van der Waals surface area contributed by atoms with Crippen molar-refractivity contribution < 1.29 is 22.4 Å². The van der Waals surface area contributed by atoms with E-state index in [1.165, 1.54) is 34.5 Å². The van der Waals surface area contributed by atoms with E-state index in [-0.39, 0.29) is 40.3 Å². The summed E-state index contributed by atoms with van der Waals surface area (Å²) < 4.78 is 58.9. The van der Waals surface area contributed by atoms with Gasteiger partial charge in [-0.15, -0.1) is 11.8 Å². The third-order valence-electron chi connectivity index (χ3n) is 7.48. The van der Waals surface area contributed by atoms with E-state index in [4.69, 9.17) is 0 Å². The zero-order valence-electron chi connectivity index (χ0n) is 23.6. The van der Waals surface area contributed by atoms with Crippen molar-refractivity contribution in [2.45, 2.75) is 50.0 Å². The van der Waals surface area contributed by atoms with Gasteiger partial charge in [0, 0.05) is 47.6 Å². The minimum atomic E-state index is -4.71. The van der Waals surface area contributed by atoms with Crippen LogP contribution >= 0.6 is 23.1 Å². The van der Waals surface area contributed by atoms with Crippen LogP contribution in [0.3, 0.4) is 0 Å². The number of aromatic nitrogens is 2. The van der Waals surface area contributed by atoms with Gasteiger partial charge in [0.2, 0.25) is 5.91 Å². The molecule has 2 aromatic carbocycles. The Morgan fingerprint density at radius 2 is 1.74 bits per heavy atom. The number of amides is 1. The predicted octanol–water partition coefficient (Wildman–Crippen LogP) is 7.08. The number of halogens is 4. The molecule has 4 aromatic rings. The highest BCUT2D eigenvalue weighted by atomic mass is 32.2. The number of carbonyl (C=O) groups is 1. The molecule has 1 amide bonds. The molecule has 43 heavy (non-hydrogen) atoms. The lowest BCUT2D eigenvalue weighted by Gasteiger charge is -2.44. The topological polar surface area (TPSA) is 58.4 Å². The first-order chi connectivity index (χ1) is 20.5. The highest BCUT2D eigenvalue weighted by Crippen LogP contribution is 2.48. The largest absolute Gasteiger partial charge is 0.417 e. The Morgan fingerprint density at radius 1 is 1.09 bits per heavy atom. The summed E-state index contributed by atoms with van der Waals surface area (Å²) in [6.07, 6.45) is -2.89. The highest BCUT2D eigenvalue weighted by Gasteiger charge is 2.39. The Balaban J connectivity index is 0.000000668. The molecule has 226 valence electrons. The monoisotopic (exact) mass is 630 g/mol. The van der Waals surface area contributed by atoms with Crippen molar-refractivity contribution >= 4 is 45.7 Å². The zero-order chi connectivity index (χ0) is 30.9. The molecule has 12 heteroatoms. The number of aryl methyl sites for hydroxylation is 1. The van der Waals surface area contributed by atoms with Gasteiger partial charge in [0.05, 0.1) is 11.1 Å². The molecule has 6 rings (SSSR count). The van der Waals surface area contributed by atoms with E-state index >= 15 is 0 Å². The first kappa shape index (κ1) is 30.8. The van der Waals surface area contributed by atoms with E-state index < -0.39 is 23.2 Å². The van der Waals surface area contributed by atoms with Crippen LogP contribution in [0.15, 0.2) is 75.6 Å². The average molecular weight is 631 g/mol. The van der Waals surface area contributed by atoms with Crippen LogP contribution in [-0.2, 0) is 17.5 Å². The van der Waals surface area contributed by atoms with Crippen molar-refractivity contribution in [1.82, 2.24) is 14.5 Å². The Kier molecular flexibility index (Phi) is 8.98. The maximum atomic E-state index is 14.6. The quantitative estimate of drug-likeness (QED) is 0.179. The molecule has 0 saturated carbocycles. The molecule has 1 fully saturated rings. The van der Waals surface area contributed by atoms with Gasteiger partial charge in [0.15, 0.2) is 0 Å². The molecule has 0 radical (unpaired) electrons. The van der Waals surface area contributed by atoms with Gasteiger partial charge in [0.25, 0.3) is 0 Å². The van der Waals surface area contributed by atoms with Gasteiger partial charge in [-0.2, -0.15) is 29.5 Å². The molecule has 2 atom stereocenters. The lowest BCUT2D eigenvalue weighted by atomic mass is 9.96. The number of benzene rings is 2. The molecule has 2 aliphatic heterocycles. The van der Waals surface area contributed by atoms with Crippen LogP contribution in [0, 0.1) is 5.82 Å².